The van der Waals surface area contributed by atoms with Crippen LogP contribution in [-0.2, 0) is 4.79 Å². The van der Waals surface area contributed by atoms with Crippen LogP contribution in [0.2, 0.25) is 0 Å². The Balaban J connectivity index is 3.30. The Morgan fingerprint density at radius 2 is 2.00 bits per heavy atom. The molecule has 0 aromatic heterocycles. The second-order valence-electron chi connectivity index (χ2n) is 3.82. The highest BCUT2D eigenvalue weighted by Crippen LogP contribution is 2.06. The number of hydrogen-bond donors (Lipinski definition) is 1. The van der Waals surface area contributed by atoms with E-state index in [9.17, 15) is 4.79 Å². The molecule has 1 unspecified atom stereocenters. The molecule has 2 nitrogen and oxygen atoms in total. The fourth-order valence-corrected chi connectivity index (χ4v) is 1.43. The molecule has 0 spiro atoms. The van der Waals surface area contributed by atoms with Gasteiger partial charge in [0.05, 0.1) is 0 Å². The van der Waals surface area contributed by atoms with Crippen LogP contribution < -0.4 is 5.32 Å². The van der Waals surface area contributed by atoms with Crippen molar-refractivity contribution in [1.82, 2.24) is 5.32 Å². The molecule has 0 saturated carbocycles. The van der Waals surface area contributed by atoms with Gasteiger partial charge >= 0.3 is 0 Å². The molecule has 2 heteroatoms. The Morgan fingerprint density at radius 1 is 1.36 bits per heavy atom. The van der Waals surface area contributed by atoms with Crippen molar-refractivity contribution >= 4 is 5.91 Å². The van der Waals surface area contributed by atoms with Crippen molar-refractivity contribution in [2.45, 2.75) is 58.4 Å². The monoisotopic (exact) mass is 197 g/mol. The van der Waals surface area contributed by atoms with Crippen molar-refractivity contribution in [3.8, 4) is 0 Å². The first-order chi connectivity index (χ1) is 6.70. The predicted molar refractivity (Wildman–Crippen MR) is 61.2 cm³/mol. The van der Waals surface area contributed by atoms with Gasteiger partial charge in [-0.2, -0.15) is 0 Å². The van der Waals surface area contributed by atoms with Gasteiger partial charge in [-0.1, -0.05) is 45.6 Å². The fraction of sp³-hybridized carbons (Fsp3) is 0.750. The number of amides is 1. The smallest absolute Gasteiger partial charge is 0.243 e. The molecule has 0 aliphatic carbocycles. The molecule has 0 bridgehead atoms. The average Bonchev–Trinajstić information content (AvgIpc) is 2.17. The molecular weight excluding hydrogens is 174 g/mol. The molecule has 0 aliphatic rings. The van der Waals surface area contributed by atoms with Crippen molar-refractivity contribution in [3.05, 3.63) is 12.7 Å². The summed E-state index contributed by atoms with van der Waals surface area (Å²) in [6.07, 6.45) is 8.81. The number of rotatable bonds is 8. The van der Waals surface area contributed by atoms with Gasteiger partial charge in [-0.25, -0.2) is 0 Å². The third-order valence-electron chi connectivity index (χ3n) is 2.31. The highest BCUT2D eigenvalue weighted by Gasteiger charge is 2.02. The van der Waals surface area contributed by atoms with E-state index >= 15 is 0 Å². The summed E-state index contributed by atoms with van der Waals surface area (Å²) in [5.41, 5.74) is 0. The number of hydrogen-bond acceptors (Lipinski definition) is 1. The summed E-state index contributed by atoms with van der Waals surface area (Å²) in [6, 6.07) is 0.280. The van der Waals surface area contributed by atoms with E-state index in [0.29, 0.717) is 0 Å². The van der Waals surface area contributed by atoms with Crippen LogP contribution in [0.15, 0.2) is 12.7 Å². The third-order valence-corrected chi connectivity index (χ3v) is 2.31. The van der Waals surface area contributed by atoms with E-state index in [1.54, 1.807) is 0 Å². The van der Waals surface area contributed by atoms with Crippen LogP contribution >= 0.6 is 0 Å². The van der Waals surface area contributed by atoms with Gasteiger partial charge in [0, 0.05) is 6.04 Å². The molecule has 0 rings (SSSR count). The Hall–Kier alpha value is -0.790. The number of unbranched alkanes of at least 4 members (excludes halogenated alkanes) is 4. The lowest BCUT2D eigenvalue weighted by molar-refractivity contribution is -0.117. The largest absolute Gasteiger partial charge is 0.350 e. The van der Waals surface area contributed by atoms with Crippen molar-refractivity contribution in [2.24, 2.45) is 0 Å². The first-order valence-corrected chi connectivity index (χ1v) is 5.63. The van der Waals surface area contributed by atoms with Crippen molar-refractivity contribution in [2.75, 3.05) is 0 Å². The minimum absolute atomic E-state index is 0.0638. The molecule has 0 aromatic carbocycles. The molecule has 0 aromatic rings. The van der Waals surface area contributed by atoms with Gasteiger partial charge in [-0.3, -0.25) is 4.79 Å². The molecule has 1 N–H and O–H groups in total. The minimum atomic E-state index is -0.0638. The third kappa shape index (κ3) is 7.84. The molecule has 14 heavy (non-hydrogen) atoms. The van der Waals surface area contributed by atoms with Crippen molar-refractivity contribution in [1.29, 1.82) is 0 Å². The Kier molecular flexibility index (Phi) is 8.30. The lowest BCUT2D eigenvalue weighted by Gasteiger charge is -2.11. The standard InChI is InChI=1S/C12H23NO/c1-4-6-7-8-9-10-11(3)13-12(14)5-2/h5,11H,2,4,6-10H2,1,3H3,(H,13,14). The molecule has 0 radical (unpaired) electrons. The Labute approximate surface area is 87.8 Å². The lowest BCUT2D eigenvalue weighted by Crippen LogP contribution is -2.30. The zero-order valence-corrected chi connectivity index (χ0v) is 9.51. The topological polar surface area (TPSA) is 29.1 Å². The molecule has 0 fully saturated rings. The summed E-state index contributed by atoms with van der Waals surface area (Å²) in [7, 11) is 0. The fourth-order valence-electron chi connectivity index (χ4n) is 1.43. The Morgan fingerprint density at radius 3 is 2.57 bits per heavy atom. The molecule has 0 heterocycles. The molecule has 1 amide bonds. The second-order valence-corrected chi connectivity index (χ2v) is 3.82. The van der Waals surface area contributed by atoms with E-state index in [1.165, 1.54) is 38.2 Å². The van der Waals surface area contributed by atoms with Crippen molar-refractivity contribution < 1.29 is 4.79 Å². The first-order valence-electron chi connectivity index (χ1n) is 5.63. The van der Waals surface area contributed by atoms with E-state index in [1.807, 2.05) is 6.92 Å². The van der Waals surface area contributed by atoms with Gasteiger partial charge in [0.25, 0.3) is 0 Å². The number of nitrogens with one attached hydrogen (secondary N) is 1. The predicted octanol–water partition coefficient (Wildman–Crippen LogP) is 3.04. The van der Waals surface area contributed by atoms with Crippen LogP contribution in [0, 0.1) is 0 Å². The quantitative estimate of drug-likeness (QED) is 0.470. The van der Waals surface area contributed by atoms with E-state index < -0.39 is 0 Å². The van der Waals surface area contributed by atoms with E-state index in [0.717, 1.165) is 6.42 Å². The maximum absolute atomic E-state index is 10.9. The lowest BCUT2D eigenvalue weighted by atomic mass is 10.1. The van der Waals surface area contributed by atoms with Crippen LogP contribution in [0.5, 0.6) is 0 Å². The normalized spacial score (nSPS) is 12.1. The highest BCUT2D eigenvalue weighted by molar-refractivity contribution is 5.87. The zero-order valence-electron chi connectivity index (χ0n) is 9.51. The van der Waals surface area contributed by atoms with Crippen LogP contribution in [0.3, 0.4) is 0 Å². The first kappa shape index (κ1) is 13.2. The molecule has 1 atom stereocenters. The van der Waals surface area contributed by atoms with Gasteiger partial charge in [-0.05, 0) is 19.4 Å². The zero-order chi connectivity index (χ0) is 10.8. The number of carbonyl (C=O) groups excluding carboxylic acids is 1. The average molecular weight is 197 g/mol. The summed E-state index contributed by atoms with van der Waals surface area (Å²) in [5, 5.41) is 2.86. The van der Waals surface area contributed by atoms with Gasteiger partial charge in [0.2, 0.25) is 5.91 Å². The van der Waals surface area contributed by atoms with E-state index in [2.05, 4.69) is 18.8 Å². The SMILES string of the molecule is C=CC(=O)NC(C)CCCCCCC. The van der Waals surface area contributed by atoms with Gasteiger partial charge in [-0.15, -0.1) is 0 Å². The van der Waals surface area contributed by atoms with Crippen molar-refractivity contribution in [3.63, 3.8) is 0 Å². The van der Waals surface area contributed by atoms with Crippen LogP contribution in [-0.4, -0.2) is 11.9 Å². The number of carbonyl (C=O) groups is 1. The van der Waals surface area contributed by atoms with Gasteiger partial charge < -0.3 is 5.32 Å². The summed E-state index contributed by atoms with van der Waals surface area (Å²) in [6.45, 7) is 7.68. The molecule has 82 valence electrons. The summed E-state index contributed by atoms with van der Waals surface area (Å²) >= 11 is 0. The summed E-state index contributed by atoms with van der Waals surface area (Å²) < 4.78 is 0. The second kappa shape index (κ2) is 8.79. The Bertz CT molecular complexity index is 166. The van der Waals surface area contributed by atoms with Crippen LogP contribution in [0.4, 0.5) is 0 Å². The van der Waals surface area contributed by atoms with E-state index in [4.69, 9.17) is 0 Å². The van der Waals surface area contributed by atoms with Gasteiger partial charge in [0.1, 0.15) is 0 Å². The maximum atomic E-state index is 10.9. The van der Waals surface area contributed by atoms with E-state index in [-0.39, 0.29) is 11.9 Å². The van der Waals surface area contributed by atoms with Gasteiger partial charge in [0.15, 0.2) is 0 Å². The summed E-state index contributed by atoms with van der Waals surface area (Å²) in [5.74, 6) is -0.0638. The van der Waals surface area contributed by atoms with Crippen LogP contribution in [0.1, 0.15) is 52.4 Å². The molecular formula is C12H23NO. The molecule has 0 aliphatic heterocycles. The minimum Gasteiger partial charge on any atom is -0.350 e. The maximum Gasteiger partial charge on any atom is 0.243 e. The summed E-state index contributed by atoms with van der Waals surface area (Å²) in [4.78, 5) is 10.9. The molecule has 0 saturated heterocycles. The highest BCUT2D eigenvalue weighted by atomic mass is 16.1. The van der Waals surface area contributed by atoms with Crippen LogP contribution in [0.25, 0.3) is 0 Å².